The highest BCUT2D eigenvalue weighted by Gasteiger charge is 2.46. The lowest BCUT2D eigenvalue weighted by Crippen LogP contribution is -2.56. The number of likely N-dealkylation sites (N-methyl/N-ethyl adjacent to an activating group) is 1. The van der Waals surface area contributed by atoms with E-state index in [9.17, 15) is 9.59 Å². The number of rotatable bonds is 5. The van der Waals surface area contributed by atoms with Crippen LogP contribution < -0.4 is 0 Å². The van der Waals surface area contributed by atoms with Gasteiger partial charge in [0.25, 0.3) is 0 Å². The molecule has 5 heteroatoms. The molecule has 1 aliphatic rings. The van der Waals surface area contributed by atoms with Gasteiger partial charge in [-0.05, 0) is 50.5 Å². The van der Waals surface area contributed by atoms with Crippen LogP contribution in [0.3, 0.4) is 0 Å². The topological polar surface area (TPSA) is 40.6 Å². The van der Waals surface area contributed by atoms with Crippen molar-refractivity contribution in [1.29, 1.82) is 0 Å². The maximum Gasteiger partial charge on any atom is 0.248 e. The molecule has 0 aliphatic carbocycles. The molecule has 1 fully saturated rings. The van der Waals surface area contributed by atoms with E-state index < -0.39 is 5.54 Å². The van der Waals surface area contributed by atoms with E-state index in [0.717, 1.165) is 12.0 Å². The van der Waals surface area contributed by atoms with E-state index in [0.29, 0.717) is 31.1 Å². The van der Waals surface area contributed by atoms with E-state index in [-0.39, 0.29) is 11.8 Å². The summed E-state index contributed by atoms with van der Waals surface area (Å²) in [7, 11) is 0. The second-order valence-corrected chi connectivity index (χ2v) is 6.46. The van der Waals surface area contributed by atoms with Crippen LogP contribution in [-0.4, -0.2) is 40.2 Å². The van der Waals surface area contributed by atoms with Crippen molar-refractivity contribution in [2.75, 3.05) is 13.1 Å². The molecule has 1 heterocycles. The summed E-state index contributed by atoms with van der Waals surface area (Å²) in [5.74, 6) is -0.204. The highest BCUT2D eigenvalue weighted by Crippen LogP contribution is 2.31. The summed E-state index contributed by atoms with van der Waals surface area (Å²) >= 11 is 6.02. The van der Waals surface area contributed by atoms with Gasteiger partial charge in [0, 0.05) is 24.7 Å². The van der Waals surface area contributed by atoms with Crippen molar-refractivity contribution in [3.63, 3.8) is 0 Å². The molecule has 0 N–H and O–H groups in total. The summed E-state index contributed by atoms with van der Waals surface area (Å²) in [5, 5.41) is 0.654. The molecule has 0 unspecified atom stereocenters. The number of carbonyl (C=O) groups is 2. The van der Waals surface area contributed by atoms with E-state index in [1.54, 1.807) is 9.80 Å². The largest absolute Gasteiger partial charge is 0.337 e. The number of halogens is 1. The van der Waals surface area contributed by atoms with Crippen LogP contribution in [-0.2, 0) is 16.1 Å². The van der Waals surface area contributed by atoms with E-state index in [2.05, 4.69) is 6.58 Å². The fraction of sp³-hybridized carbons (Fsp3) is 0.444. The van der Waals surface area contributed by atoms with Gasteiger partial charge in [0.1, 0.15) is 5.54 Å². The van der Waals surface area contributed by atoms with Gasteiger partial charge in [-0.15, -0.1) is 0 Å². The highest BCUT2D eigenvalue weighted by molar-refractivity contribution is 6.30. The van der Waals surface area contributed by atoms with Crippen molar-refractivity contribution in [3.05, 3.63) is 47.5 Å². The van der Waals surface area contributed by atoms with E-state index in [1.807, 2.05) is 38.1 Å². The Bertz CT molecular complexity index is 617. The molecule has 2 amide bonds. The molecule has 124 valence electrons. The van der Waals surface area contributed by atoms with E-state index in [4.69, 9.17) is 11.6 Å². The quantitative estimate of drug-likeness (QED) is 0.775. The fourth-order valence-corrected chi connectivity index (χ4v) is 3.39. The lowest BCUT2D eigenvalue weighted by atomic mass is 9.96. The summed E-state index contributed by atoms with van der Waals surface area (Å²) in [6.07, 6.45) is 2.79. The van der Waals surface area contributed by atoms with Crippen LogP contribution in [0.25, 0.3) is 0 Å². The molecule has 0 radical (unpaired) electrons. The van der Waals surface area contributed by atoms with Gasteiger partial charge >= 0.3 is 0 Å². The number of carbonyl (C=O) groups excluding carboxylic acids is 2. The first-order valence-corrected chi connectivity index (χ1v) is 8.28. The maximum atomic E-state index is 13.1. The zero-order valence-electron chi connectivity index (χ0n) is 13.7. The maximum absolute atomic E-state index is 13.1. The first kappa shape index (κ1) is 17.5. The normalized spacial score (nSPS) is 20.4. The molecule has 0 bridgehead atoms. The average molecular weight is 335 g/mol. The Kier molecular flexibility index (Phi) is 5.47. The van der Waals surface area contributed by atoms with Crippen LogP contribution in [0.2, 0.25) is 5.02 Å². The van der Waals surface area contributed by atoms with Crippen LogP contribution >= 0.6 is 11.6 Å². The Morgan fingerprint density at radius 2 is 2.22 bits per heavy atom. The zero-order valence-corrected chi connectivity index (χ0v) is 14.5. The second kappa shape index (κ2) is 7.18. The van der Waals surface area contributed by atoms with Gasteiger partial charge in [0.15, 0.2) is 0 Å². The standard InChI is InChI=1S/C18H23ClN2O2/c1-4-16(22)21-11-7-10-18(21,3)17(23)20(5-2)13-14-8-6-9-15(19)12-14/h4,6,8-9,12H,1,5,7,10-11,13H2,2-3H3/t18-/m1/s1. The zero-order chi connectivity index (χ0) is 17.0. The predicted octanol–water partition coefficient (Wildman–Crippen LogP) is 3.26. The fourth-order valence-electron chi connectivity index (χ4n) is 3.17. The third-order valence-electron chi connectivity index (χ3n) is 4.47. The lowest BCUT2D eigenvalue weighted by molar-refractivity contribution is -0.148. The average Bonchev–Trinajstić information content (AvgIpc) is 2.94. The summed E-state index contributed by atoms with van der Waals surface area (Å²) in [6, 6.07) is 7.50. The molecular weight excluding hydrogens is 312 g/mol. The number of amides is 2. The molecule has 1 saturated heterocycles. The monoisotopic (exact) mass is 334 g/mol. The number of likely N-dealkylation sites (tertiary alicyclic amines) is 1. The van der Waals surface area contributed by atoms with Crippen molar-refractivity contribution < 1.29 is 9.59 Å². The van der Waals surface area contributed by atoms with E-state index in [1.165, 1.54) is 6.08 Å². The Balaban J connectivity index is 2.21. The van der Waals surface area contributed by atoms with Gasteiger partial charge in [-0.3, -0.25) is 9.59 Å². The third kappa shape index (κ3) is 3.58. The molecule has 1 aromatic rings. The SMILES string of the molecule is C=CC(=O)N1CCC[C@]1(C)C(=O)N(CC)Cc1cccc(Cl)c1. The minimum atomic E-state index is -0.792. The van der Waals surface area contributed by atoms with Crippen LogP contribution in [0.5, 0.6) is 0 Å². The highest BCUT2D eigenvalue weighted by atomic mass is 35.5. The third-order valence-corrected chi connectivity index (χ3v) is 4.71. The minimum Gasteiger partial charge on any atom is -0.337 e. The summed E-state index contributed by atoms with van der Waals surface area (Å²) < 4.78 is 0. The van der Waals surface area contributed by atoms with Gasteiger partial charge in [-0.2, -0.15) is 0 Å². The molecule has 0 aromatic heterocycles. The number of hydrogen-bond donors (Lipinski definition) is 0. The summed E-state index contributed by atoms with van der Waals surface area (Å²) in [4.78, 5) is 28.6. The molecule has 2 rings (SSSR count). The van der Waals surface area contributed by atoms with Crippen LogP contribution in [0.1, 0.15) is 32.3 Å². The molecular formula is C18H23ClN2O2. The van der Waals surface area contributed by atoms with Gasteiger partial charge in [0.05, 0.1) is 0 Å². The van der Waals surface area contributed by atoms with Crippen molar-refractivity contribution in [2.24, 2.45) is 0 Å². The van der Waals surface area contributed by atoms with Gasteiger partial charge in [-0.25, -0.2) is 0 Å². The van der Waals surface area contributed by atoms with Crippen LogP contribution in [0.15, 0.2) is 36.9 Å². The minimum absolute atomic E-state index is 0.0207. The first-order valence-electron chi connectivity index (χ1n) is 7.90. The summed E-state index contributed by atoms with van der Waals surface area (Å²) in [6.45, 7) is 9.01. The van der Waals surface area contributed by atoms with Crippen molar-refractivity contribution >= 4 is 23.4 Å². The van der Waals surface area contributed by atoms with Crippen LogP contribution in [0, 0.1) is 0 Å². The summed E-state index contributed by atoms with van der Waals surface area (Å²) in [5.41, 5.74) is 0.191. The molecule has 1 aromatic carbocycles. The Hall–Kier alpha value is -1.81. The number of benzene rings is 1. The Morgan fingerprint density at radius 1 is 1.48 bits per heavy atom. The molecule has 1 atom stereocenters. The predicted molar refractivity (Wildman–Crippen MR) is 92.1 cm³/mol. The molecule has 1 aliphatic heterocycles. The van der Waals surface area contributed by atoms with Crippen molar-refractivity contribution in [1.82, 2.24) is 9.80 Å². The first-order chi connectivity index (χ1) is 10.9. The molecule has 23 heavy (non-hydrogen) atoms. The Labute approximate surface area is 142 Å². The second-order valence-electron chi connectivity index (χ2n) is 6.02. The molecule has 4 nitrogen and oxygen atoms in total. The van der Waals surface area contributed by atoms with Crippen LogP contribution in [0.4, 0.5) is 0 Å². The Morgan fingerprint density at radius 3 is 2.83 bits per heavy atom. The number of hydrogen-bond acceptors (Lipinski definition) is 2. The molecule has 0 saturated carbocycles. The smallest absolute Gasteiger partial charge is 0.248 e. The van der Waals surface area contributed by atoms with Crippen molar-refractivity contribution in [2.45, 2.75) is 38.8 Å². The lowest BCUT2D eigenvalue weighted by Gasteiger charge is -2.37. The van der Waals surface area contributed by atoms with Gasteiger partial charge < -0.3 is 9.80 Å². The number of nitrogens with zero attached hydrogens (tertiary/aromatic N) is 2. The molecule has 0 spiro atoms. The van der Waals surface area contributed by atoms with Gasteiger partial charge in [-0.1, -0.05) is 30.3 Å². The van der Waals surface area contributed by atoms with E-state index >= 15 is 0 Å². The van der Waals surface area contributed by atoms with Gasteiger partial charge in [0.2, 0.25) is 11.8 Å². The van der Waals surface area contributed by atoms with Crippen molar-refractivity contribution in [3.8, 4) is 0 Å².